The molecule has 2 aromatic heterocycles. The molecule has 0 saturated carbocycles. The molecule has 6 N–H and O–H groups in total. The highest BCUT2D eigenvalue weighted by Crippen LogP contribution is 2.23. The van der Waals surface area contributed by atoms with E-state index in [9.17, 15) is 38.7 Å². The molecule has 358 valence electrons. The number of H-pyrrole nitrogens is 1. The largest absolute Gasteiger partial charge is 0.481 e. The van der Waals surface area contributed by atoms with E-state index in [4.69, 9.17) is 22.1 Å². The molecule has 0 bridgehead atoms. The van der Waals surface area contributed by atoms with Crippen molar-refractivity contribution in [2.45, 2.75) is 58.5 Å². The fraction of sp³-hybridized carbons (Fsp3) is 0.255. The Balaban J connectivity index is 0.000000258. The van der Waals surface area contributed by atoms with Crippen molar-refractivity contribution in [2.24, 2.45) is 17.6 Å². The SMILES string of the molecule is CCOC(=O)[C@H](C)C[C@@H](Cc1ccc(-c2ccccc2)cc1)NC(=O)c1cc(C(=O)OC)nc(Cl)n1.C[C@H](C[C@@H](Cc1ccc(-c2ccccc2)cc1)NC(=O)c1cc(C(N)=O)nc(=O)[nH]1)C(=O)O. The van der Waals surface area contributed by atoms with Gasteiger partial charge in [0.1, 0.15) is 17.1 Å². The van der Waals surface area contributed by atoms with Crippen molar-refractivity contribution in [1.29, 1.82) is 0 Å². The molecule has 0 unspecified atom stereocenters. The number of carbonyl (C=O) groups excluding carboxylic acids is 5. The Bertz CT molecular complexity index is 2790. The van der Waals surface area contributed by atoms with Gasteiger partial charge in [0, 0.05) is 18.2 Å². The molecule has 3 amide bonds. The quantitative estimate of drug-likeness (QED) is 0.0429. The van der Waals surface area contributed by atoms with Gasteiger partial charge in [-0.25, -0.2) is 19.6 Å². The summed E-state index contributed by atoms with van der Waals surface area (Å²) in [6.07, 6.45) is 1.34. The highest BCUT2D eigenvalue weighted by Gasteiger charge is 2.25. The van der Waals surface area contributed by atoms with E-state index in [1.807, 2.05) is 109 Å². The number of halogens is 1. The molecule has 0 spiro atoms. The molecule has 4 aromatic carbocycles. The summed E-state index contributed by atoms with van der Waals surface area (Å²) in [5.41, 5.74) is 9.70. The van der Waals surface area contributed by atoms with Crippen LogP contribution in [0.5, 0.6) is 0 Å². The maximum Gasteiger partial charge on any atom is 0.356 e. The highest BCUT2D eigenvalue weighted by atomic mass is 35.5. The van der Waals surface area contributed by atoms with Crippen LogP contribution in [-0.2, 0) is 31.9 Å². The van der Waals surface area contributed by atoms with Crippen molar-refractivity contribution in [2.75, 3.05) is 13.7 Å². The molecule has 0 radical (unpaired) electrons. The Hall–Kier alpha value is -8.05. The Morgan fingerprint density at radius 3 is 1.62 bits per heavy atom. The number of ether oxygens (including phenoxy) is 2. The molecule has 0 aliphatic rings. The number of hydrogen-bond donors (Lipinski definition) is 5. The normalized spacial score (nSPS) is 12.4. The standard InChI is InChI=1S/C27H28ClN3O5.C24H24N4O5/c1-4-36-25(33)17(2)14-21(15-18-10-12-20(13-11-18)19-8-6-5-7-9-19)29-24(32)22-16-23(26(34)35-3)31-27(28)30-22;1-14(23(31)32)11-18(26-22(30)20-13-19(21(25)29)27-24(33)28-20)12-15-7-9-17(10-8-15)16-5-3-2-4-6-16/h5-13,16-17,21H,4,14-15H2,1-3H3,(H,29,32);2-10,13-14,18H,11-12H2,1H3,(H2,25,29)(H,26,30)(H,31,32)(H,27,28,33)/t17-,21+;14-,18+/m11/s1. The zero-order valence-corrected chi connectivity index (χ0v) is 39.1. The van der Waals surface area contributed by atoms with Crippen LogP contribution in [0, 0.1) is 11.8 Å². The summed E-state index contributed by atoms with van der Waals surface area (Å²) < 4.78 is 9.80. The molecule has 0 aliphatic heterocycles. The molecule has 0 fully saturated rings. The van der Waals surface area contributed by atoms with Gasteiger partial charge in [0.05, 0.1) is 25.6 Å². The van der Waals surface area contributed by atoms with Gasteiger partial charge in [0.2, 0.25) is 5.28 Å². The first-order valence-electron chi connectivity index (χ1n) is 21.9. The van der Waals surface area contributed by atoms with Gasteiger partial charge in [-0.1, -0.05) is 123 Å². The number of nitrogens with two attached hydrogens (primary N) is 1. The second kappa shape index (κ2) is 25.2. The van der Waals surface area contributed by atoms with Crippen molar-refractivity contribution >= 4 is 47.2 Å². The molecule has 0 aliphatic carbocycles. The van der Waals surface area contributed by atoms with Crippen LogP contribution in [0.15, 0.2) is 126 Å². The number of primary amides is 1. The summed E-state index contributed by atoms with van der Waals surface area (Å²) in [5.74, 6) is -5.37. The number of aliphatic carboxylic acids is 1. The monoisotopic (exact) mass is 957 g/mol. The first-order chi connectivity index (χ1) is 33.0. The summed E-state index contributed by atoms with van der Waals surface area (Å²) in [6, 6.07) is 37.0. The third-order valence-electron chi connectivity index (χ3n) is 10.7. The number of benzene rings is 4. The van der Waals surface area contributed by atoms with E-state index >= 15 is 0 Å². The number of hydrogen-bond acceptors (Lipinski definition) is 12. The second-order valence-electron chi connectivity index (χ2n) is 16.0. The minimum atomic E-state index is -0.984. The number of esters is 2. The Morgan fingerprint density at radius 1 is 0.667 bits per heavy atom. The highest BCUT2D eigenvalue weighted by molar-refractivity contribution is 6.28. The molecule has 6 aromatic rings. The van der Waals surface area contributed by atoms with E-state index in [2.05, 4.69) is 35.3 Å². The minimum absolute atomic E-state index is 0.0800. The van der Waals surface area contributed by atoms with Crippen molar-refractivity contribution in [3.8, 4) is 22.3 Å². The lowest BCUT2D eigenvalue weighted by molar-refractivity contribution is -0.147. The topological polar surface area (TPSA) is 263 Å². The van der Waals surface area contributed by atoms with Crippen molar-refractivity contribution in [3.05, 3.63) is 171 Å². The van der Waals surface area contributed by atoms with Crippen molar-refractivity contribution < 1.29 is 43.3 Å². The Morgan fingerprint density at radius 2 is 1.14 bits per heavy atom. The average molecular weight is 958 g/mol. The van der Waals surface area contributed by atoms with E-state index in [0.29, 0.717) is 19.3 Å². The molecule has 6 rings (SSSR count). The number of carboxylic acid groups (broad SMARTS) is 1. The smallest absolute Gasteiger partial charge is 0.356 e. The third-order valence-corrected chi connectivity index (χ3v) is 10.9. The molecular formula is C51H52ClN7O10. The number of aromatic nitrogens is 4. The van der Waals surface area contributed by atoms with Crippen molar-refractivity contribution in [1.82, 2.24) is 30.6 Å². The first-order valence-corrected chi connectivity index (χ1v) is 22.2. The lowest BCUT2D eigenvalue weighted by Crippen LogP contribution is -2.40. The second-order valence-corrected chi connectivity index (χ2v) is 16.3. The van der Waals surface area contributed by atoms with Gasteiger partial charge in [-0.15, -0.1) is 0 Å². The Labute approximate surface area is 402 Å². The number of methoxy groups -OCH3 is 1. The van der Waals surface area contributed by atoms with Gasteiger partial charge >= 0.3 is 23.6 Å². The molecule has 18 heteroatoms. The van der Waals surface area contributed by atoms with Crippen molar-refractivity contribution in [3.63, 3.8) is 0 Å². The molecular weight excluding hydrogens is 906 g/mol. The van der Waals surface area contributed by atoms with Crippen LogP contribution in [0.3, 0.4) is 0 Å². The maximum atomic E-state index is 13.0. The number of carbonyl (C=O) groups is 6. The lowest BCUT2D eigenvalue weighted by Gasteiger charge is -2.22. The van der Waals surface area contributed by atoms with E-state index in [1.54, 1.807) is 20.8 Å². The number of nitrogens with zero attached hydrogens (tertiary/aromatic N) is 3. The zero-order chi connectivity index (χ0) is 50.0. The van der Waals surface area contributed by atoms with E-state index < -0.39 is 59.3 Å². The molecule has 69 heavy (non-hydrogen) atoms. The van der Waals surface area contributed by atoms with Gasteiger partial charge in [-0.05, 0) is 83.7 Å². The summed E-state index contributed by atoms with van der Waals surface area (Å²) in [4.78, 5) is 97.8. The van der Waals surface area contributed by atoms with E-state index in [-0.39, 0.29) is 47.1 Å². The van der Waals surface area contributed by atoms with Crippen LogP contribution in [-0.4, -0.2) is 86.5 Å². The molecule has 2 heterocycles. The van der Waals surface area contributed by atoms with Gasteiger partial charge < -0.3 is 35.9 Å². The lowest BCUT2D eigenvalue weighted by atomic mass is 9.94. The van der Waals surface area contributed by atoms with Gasteiger partial charge in [-0.2, -0.15) is 4.98 Å². The number of aromatic amines is 1. The number of amides is 3. The molecule has 0 saturated heterocycles. The molecule has 17 nitrogen and oxygen atoms in total. The Kier molecular flexibility index (Phi) is 19.0. The average Bonchev–Trinajstić information content (AvgIpc) is 3.34. The van der Waals surface area contributed by atoms with Crippen LogP contribution in [0.4, 0.5) is 0 Å². The van der Waals surface area contributed by atoms with Crippen LogP contribution in [0.1, 0.15) is 86.7 Å². The van der Waals surface area contributed by atoms with Crippen LogP contribution in [0.25, 0.3) is 22.3 Å². The fourth-order valence-corrected chi connectivity index (χ4v) is 7.37. The third kappa shape index (κ3) is 15.8. The van der Waals surface area contributed by atoms with Crippen LogP contribution < -0.4 is 22.1 Å². The van der Waals surface area contributed by atoms with Crippen LogP contribution >= 0.6 is 11.6 Å². The van der Waals surface area contributed by atoms with Gasteiger partial charge in [0.15, 0.2) is 5.69 Å². The summed E-state index contributed by atoms with van der Waals surface area (Å²) in [7, 11) is 1.20. The predicted octanol–water partition coefficient (Wildman–Crippen LogP) is 6.50. The summed E-state index contributed by atoms with van der Waals surface area (Å²) in [5, 5.41) is 14.7. The summed E-state index contributed by atoms with van der Waals surface area (Å²) >= 11 is 5.92. The number of rotatable bonds is 19. The van der Waals surface area contributed by atoms with E-state index in [1.165, 1.54) is 13.2 Å². The number of nitrogens with one attached hydrogen (secondary N) is 3. The zero-order valence-electron chi connectivity index (χ0n) is 38.3. The van der Waals surface area contributed by atoms with Gasteiger partial charge in [0.25, 0.3) is 17.7 Å². The minimum Gasteiger partial charge on any atom is -0.481 e. The van der Waals surface area contributed by atoms with Gasteiger partial charge in [-0.3, -0.25) is 24.0 Å². The predicted molar refractivity (Wildman–Crippen MR) is 257 cm³/mol. The van der Waals surface area contributed by atoms with Crippen LogP contribution in [0.2, 0.25) is 5.28 Å². The first kappa shape index (κ1) is 51.9. The fourth-order valence-electron chi connectivity index (χ4n) is 7.19. The summed E-state index contributed by atoms with van der Waals surface area (Å²) in [6.45, 7) is 5.33. The molecule has 4 atom stereocenters. The maximum absolute atomic E-state index is 13.0. The number of carboxylic acids is 1. The van der Waals surface area contributed by atoms with E-state index in [0.717, 1.165) is 39.4 Å².